The molecule has 2 aromatic carbocycles. The van der Waals surface area contributed by atoms with Crippen molar-refractivity contribution in [2.24, 2.45) is 0 Å². The highest BCUT2D eigenvalue weighted by Gasteiger charge is 2.38. The lowest BCUT2D eigenvalue weighted by Crippen LogP contribution is -2.29. The van der Waals surface area contributed by atoms with Gasteiger partial charge in [-0.15, -0.1) is 0 Å². The quantitative estimate of drug-likeness (QED) is 0.598. The molecule has 0 atom stereocenters. The van der Waals surface area contributed by atoms with Gasteiger partial charge in [-0.1, -0.05) is 23.7 Å². The van der Waals surface area contributed by atoms with Crippen LogP contribution < -0.4 is 9.64 Å². The average Bonchev–Trinajstić information content (AvgIpc) is 2.78. The number of anilines is 1. The number of amides is 2. The van der Waals surface area contributed by atoms with Gasteiger partial charge in [0, 0.05) is 16.7 Å². The van der Waals surface area contributed by atoms with Crippen LogP contribution in [0.1, 0.15) is 20.7 Å². The fourth-order valence-electron chi connectivity index (χ4n) is 2.45. The summed E-state index contributed by atoms with van der Waals surface area (Å²) in [6.07, 6.45) is 0. The van der Waals surface area contributed by atoms with Crippen molar-refractivity contribution in [3.05, 3.63) is 52.5 Å². The third-order valence-electron chi connectivity index (χ3n) is 3.53. The molecular formula is C15H9Cl2NO5S. The fourth-order valence-corrected chi connectivity index (χ4v) is 3.69. The molecule has 6 nitrogen and oxygen atoms in total. The molecule has 0 unspecified atom stereocenters. The predicted octanol–water partition coefficient (Wildman–Crippen LogP) is 3.08. The fraction of sp³-hybridized carbons (Fsp3) is 0.0667. The molecule has 0 aliphatic carbocycles. The summed E-state index contributed by atoms with van der Waals surface area (Å²) in [5.74, 6) is -1.28. The van der Waals surface area contributed by atoms with E-state index in [1.54, 1.807) is 12.1 Å². The van der Waals surface area contributed by atoms with Crippen LogP contribution in [-0.2, 0) is 9.05 Å². The Hall–Kier alpha value is -2.09. The van der Waals surface area contributed by atoms with Gasteiger partial charge in [0.25, 0.3) is 20.9 Å². The largest absolute Gasteiger partial charge is 0.495 e. The second-order valence-corrected chi connectivity index (χ2v) is 7.83. The number of rotatable bonds is 3. The normalized spacial score (nSPS) is 14.0. The molecule has 0 fully saturated rings. The number of carbonyl (C=O) groups is 2. The number of halogens is 2. The van der Waals surface area contributed by atoms with E-state index in [0.29, 0.717) is 0 Å². The molecule has 0 saturated heterocycles. The number of nitrogens with zero attached hydrogens (tertiary/aromatic N) is 1. The standard InChI is InChI=1S/C15H9Cl2NO5S/c1-23-12-6-10(16)11(7-13(12)24(17,21)22)18-14(19)8-4-2-3-5-9(8)15(18)20/h2-7H,1H3. The minimum Gasteiger partial charge on any atom is -0.495 e. The van der Waals surface area contributed by atoms with Crippen LogP contribution >= 0.6 is 22.3 Å². The van der Waals surface area contributed by atoms with Gasteiger partial charge in [0.1, 0.15) is 10.6 Å². The first-order valence-electron chi connectivity index (χ1n) is 6.55. The van der Waals surface area contributed by atoms with Crippen molar-refractivity contribution < 1.29 is 22.7 Å². The lowest BCUT2D eigenvalue weighted by Gasteiger charge is -2.17. The van der Waals surface area contributed by atoms with Crippen LogP contribution in [0.25, 0.3) is 0 Å². The number of benzene rings is 2. The van der Waals surface area contributed by atoms with Gasteiger partial charge in [0.05, 0.1) is 28.9 Å². The van der Waals surface area contributed by atoms with Crippen molar-refractivity contribution in [2.75, 3.05) is 12.0 Å². The Labute approximate surface area is 147 Å². The van der Waals surface area contributed by atoms with Crippen LogP contribution in [0.15, 0.2) is 41.3 Å². The minimum atomic E-state index is -4.18. The Morgan fingerprint density at radius 1 is 1.04 bits per heavy atom. The Morgan fingerprint density at radius 2 is 1.58 bits per heavy atom. The third-order valence-corrected chi connectivity index (χ3v) is 5.18. The minimum absolute atomic E-state index is 0.0228. The van der Waals surface area contributed by atoms with Gasteiger partial charge >= 0.3 is 0 Å². The van der Waals surface area contributed by atoms with Gasteiger partial charge in [-0.3, -0.25) is 9.59 Å². The SMILES string of the molecule is COc1cc(Cl)c(N2C(=O)c3ccccc3C2=O)cc1S(=O)(=O)Cl. The first-order valence-corrected chi connectivity index (χ1v) is 9.24. The van der Waals surface area contributed by atoms with Crippen molar-refractivity contribution in [3.63, 3.8) is 0 Å². The van der Waals surface area contributed by atoms with Crippen molar-refractivity contribution in [3.8, 4) is 5.75 Å². The van der Waals surface area contributed by atoms with Gasteiger partial charge in [-0.25, -0.2) is 13.3 Å². The van der Waals surface area contributed by atoms with Crippen molar-refractivity contribution in [1.82, 2.24) is 0 Å². The maximum absolute atomic E-state index is 12.5. The number of carbonyl (C=O) groups excluding carboxylic acids is 2. The average molecular weight is 386 g/mol. The number of hydrogen-bond acceptors (Lipinski definition) is 5. The predicted molar refractivity (Wildman–Crippen MR) is 88.6 cm³/mol. The van der Waals surface area contributed by atoms with Crippen LogP contribution in [0.5, 0.6) is 5.75 Å². The summed E-state index contributed by atoms with van der Waals surface area (Å²) in [5, 5.41) is -0.0228. The summed E-state index contributed by atoms with van der Waals surface area (Å²) in [7, 11) is 2.47. The Balaban J connectivity index is 2.22. The van der Waals surface area contributed by atoms with Crippen LogP contribution in [-0.4, -0.2) is 27.3 Å². The summed E-state index contributed by atoms with van der Waals surface area (Å²) in [6.45, 7) is 0. The van der Waals surface area contributed by atoms with E-state index in [1.807, 2.05) is 0 Å². The van der Waals surface area contributed by atoms with Gasteiger partial charge in [0.2, 0.25) is 0 Å². The highest BCUT2D eigenvalue weighted by atomic mass is 35.7. The molecule has 0 bridgehead atoms. The molecular weight excluding hydrogens is 377 g/mol. The van der Waals surface area contributed by atoms with E-state index in [1.165, 1.54) is 25.3 Å². The summed E-state index contributed by atoms with van der Waals surface area (Å²) in [4.78, 5) is 25.4. The second kappa shape index (κ2) is 5.77. The lowest BCUT2D eigenvalue weighted by molar-refractivity contribution is 0.0926. The molecule has 2 aromatic rings. The maximum Gasteiger partial charge on any atom is 0.266 e. The molecule has 0 radical (unpaired) electrons. The maximum atomic E-state index is 12.5. The molecule has 0 spiro atoms. The summed E-state index contributed by atoms with van der Waals surface area (Å²) < 4.78 is 28.4. The molecule has 3 rings (SSSR count). The monoisotopic (exact) mass is 385 g/mol. The number of methoxy groups -OCH3 is 1. The highest BCUT2D eigenvalue weighted by Crippen LogP contribution is 2.39. The molecule has 0 N–H and O–H groups in total. The molecule has 0 saturated carbocycles. The molecule has 124 valence electrons. The number of ether oxygens (including phenoxy) is 1. The summed E-state index contributed by atoms with van der Waals surface area (Å²) >= 11 is 6.12. The number of hydrogen-bond donors (Lipinski definition) is 0. The van der Waals surface area contributed by atoms with Crippen LogP contribution in [0.2, 0.25) is 5.02 Å². The van der Waals surface area contributed by atoms with E-state index < -0.39 is 20.9 Å². The van der Waals surface area contributed by atoms with E-state index in [0.717, 1.165) is 11.0 Å². The summed E-state index contributed by atoms with van der Waals surface area (Å²) in [5.41, 5.74) is 0.345. The van der Waals surface area contributed by atoms with Crippen LogP contribution in [0.3, 0.4) is 0 Å². The molecule has 9 heteroatoms. The first-order chi connectivity index (χ1) is 11.3. The van der Waals surface area contributed by atoms with E-state index in [9.17, 15) is 18.0 Å². The zero-order chi connectivity index (χ0) is 17.6. The van der Waals surface area contributed by atoms with Crippen molar-refractivity contribution in [1.29, 1.82) is 0 Å². The topological polar surface area (TPSA) is 80.8 Å². The smallest absolute Gasteiger partial charge is 0.266 e. The zero-order valence-electron chi connectivity index (χ0n) is 12.1. The second-order valence-electron chi connectivity index (χ2n) is 4.88. The van der Waals surface area contributed by atoms with E-state index in [4.69, 9.17) is 27.0 Å². The number of imide groups is 1. The highest BCUT2D eigenvalue weighted by molar-refractivity contribution is 8.13. The Bertz CT molecular complexity index is 952. The van der Waals surface area contributed by atoms with Crippen molar-refractivity contribution in [2.45, 2.75) is 4.90 Å². The summed E-state index contributed by atoms with van der Waals surface area (Å²) in [6, 6.07) is 8.49. The zero-order valence-corrected chi connectivity index (χ0v) is 14.4. The molecule has 0 aromatic heterocycles. The van der Waals surface area contributed by atoms with E-state index >= 15 is 0 Å². The molecule has 1 aliphatic heterocycles. The van der Waals surface area contributed by atoms with Crippen molar-refractivity contribution >= 4 is 48.8 Å². The first kappa shape index (κ1) is 16.8. The molecule has 1 heterocycles. The van der Waals surface area contributed by atoms with Crippen LogP contribution in [0, 0.1) is 0 Å². The third kappa shape index (κ3) is 2.54. The molecule has 24 heavy (non-hydrogen) atoms. The molecule has 2 amide bonds. The molecule has 1 aliphatic rings. The Morgan fingerprint density at radius 3 is 2.04 bits per heavy atom. The van der Waals surface area contributed by atoms with E-state index in [2.05, 4.69) is 0 Å². The van der Waals surface area contributed by atoms with Gasteiger partial charge in [-0.2, -0.15) is 0 Å². The Kier molecular flexibility index (Phi) is 4.03. The number of fused-ring (bicyclic) bond motifs is 1. The van der Waals surface area contributed by atoms with E-state index in [-0.39, 0.29) is 32.5 Å². The van der Waals surface area contributed by atoms with Gasteiger partial charge < -0.3 is 4.74 Å². The van der Waals surface area contributed by atoms with Gasteiger partial charge in [-0.05, 0) is 18.2 Å². The van der Waals surface area contributed by atoms with Crippen LogP contribution in [0.4, 0.5) is 5.69 Å². The lowest BCUT2D eigenvalue weighted by atomic mass is 10.1. The van der Waals surface area contributed by atoms with Gasteiger partial charge in [0.15, 0.2) is 0 Å².